The van der Waals surface area contributed by atoms with Crippen LogP contribution in [0.3, 0.4) is 0 Å². The van der Waals surface area contributed by atoms with Crippen LogP contribution in [0.1, 0.15) is 32.1 Å². The number of rotatable bonds is 4. The molecule has 102 valence electrons. The van der Waals surface area contributed by atoms with Crippen LogP contribution in [0, 0.1) is 6.92 Å². The number of tetrazole rings is 1. The highest BCUT2D eigenvalue weighted by molar-refractivity contribution is 5.68. The van der Waals surface area contributed by atoms with Crippen LogP contribution < -0.4 is 0 Å². The van der Waals surface area contributed by atoms with E-state index in [2.05, 4.69) is 20.5 Å². The summed E-state index contributed by atoms with van der Waals surface area (Å²) in [5.74, 6) is 0.153. The molecular weight excluding hydrogens is 248 g/mol. The maximum atomic E-state index is 11.2. The summed E-state index contributed by atoms with van der Waals surface area (Å²) in [4.78, 5) is 12.5. The summed E-state index contributed by atoms with van der Waals surface area (Å²) in [6, 6.07) is 0. The minimum absolute atomic E-state index is 0.303. The Balaban J connectivity index is 2.22. The van der Waals surface area contributed by atoms with Crippen LogP contribution in [0.4, 0.5) is 0 Å². The quantitative estimate of drug-likeness (QED) is 0.761. The fraction of sp³-hybridized carbons (Fsp3) is 0.545. The third-order valence-corrected chi connectivity index (χ3v) is 2.68. The lowest BCUT2D eigenvalue weighted by Gasteiger charge is -2.10. The molecule has 2 aromatic rings. The van der Waals surface area contributed by atoms with E-state index in [0.29, 0.717) is 12.2 Å². The molecule has 2 heterocycles. The smallest absolute Gasteiger partial charge is 0.307 e. The van der Waals surface area contributed by atoms with Gasteiger partial charge in [-0.3, -0.25) is 9.48 Å². The second kappa shape index (κ2) is 5.17. The van der Waals surface area contributed by atoms with Crippen molar-refractivity contribution < 1.29 is 9.53 Å². The van der Waals surface area contributed by atoms with Crippen molar-refractivity contribution in [1.82, 2.24) is 30.0 Å². The molecule has 1 unspecified atom stereocenters. The van der Waals surface area contributed by atoms with Gasteiger partial charge in [-0.2, -0.15) is 5.10 Å². The molecule has 0 aliphatic heterocycles. The van der Waals surface area contributed by atoms with Crippen molar-refractivity contribution in [3.8, 4) is 11.5 Å². The van der Waals surface area contributed by atoms with Crippen LogP contribution >= 0.6 is 0 Å². The first-order valence-electron chi connectivity index (χ1n) is 6.01. The number of ether oxygens (including phenoxy) is 1. The lowest BCUT2D eigenvalue weighted by molar-refractivity contribution is -0.153. The summed E-state index contributed by atoms with van der Waals surface area (Å²) in [6.45, 7) is 5.34. The van der Waals surface area contributed by atoms with Gasteiger partial charge in [0.25, 0.3) is 0 Å². The normalized spacial score (nSPS) is 12.4. The molecule has 1 atom stereocenters. The number of aromatic nitrogens is 6. The summed E-state index contributed by atoms with van der Waals surface area (Å²) < 4.78 is 6.79. The van der Waals surface area contributed by atoms with E-state index in [0.717, 1.165) is 11.3 Å². The Labute approximate surface area is 110 Å². The van der Waals surface area contributed by atoms with Crippen LogP contribution in [-0.4, -0.2) is 36.0 Å². The van der Waals surface area contributed by atoms with Crippen LogP contribution in [0.2, 0.25) is 0 Å². The van der Waals surface area contributed by atoms with Crippen molar-refractivity contribution >= 4 is 5.97 Å². The molecule has 0 fully saturated rings. The Morgan fingerprint density at radius 2 is 2.26 bits per heavy atom. The van der Waals surface area contributed by atoms with E-state index in [1.54, 1.807) is 24.7 Å². The molecule has 2 aromatic heterocycles. The molecule has 0 N–H and O–H groups in total. The Morgan fingerprint density at radius 1 is 1.53 bits per heavy atom. The van der Waals surface area contributed by atoms with Crippen LogP contribution in [0.25, 0.3) is 11.5 Å². The van der Waals surface area contributed by atoms with Gasteiger partial charge in [0.1, 0.15) is 5.69 Å². The Hall–Kier alpha value is -2.25. The van der Waals surface area contributed by atoms with E-state index in [1.165, 1.54) is 4.80 Å². The van der Waals surface area contributed by atoms with Crippen LogP contribution in [-0.2, 0) is 16.6 Å². The first kappa shape index (κ1) is 13.2. The molecule has 0 aliphatic carbocycles. The van der Waals surface area contributed by atoms with E-state index < -0.39 is 6.23 Å². The van der Waals surface area contributed by atoms with Gasteiger partial charge in [0.2, 0.25) is 12.1 Å². The maximum absolute atomic E-state index is 11.2. The molecule has 0 amide bonds. The van der Waals surface area contributed by atoms with Gasteiger partial charge >= 0.3 is 5.97 Å². The minimum atomic E-state index is -0.581. The number of hydrogen-bond donors (Lipinski definition) is 0. The number of hydrogen-bond acceptors (Lipinski definition) is 6. The molecule has 0 saturated carbocycles. The second-order valence-corrected chi connectivity index (χ2v) is 4.18. The fourth-order valence-corrected chi connectivity index (χ4v) is 1.66. The van der Waals surface area contributed by atoms with Crippen LogP contribution in [0.15, 0.2) is 6.20 Å². The molecule has 19 heavy (non-hydrogen) atoms. The average molecular weight is 264 g/mol. The number of nitrogens with zero attached hydrogens (tertiary/aromatic N) is 6. The predicted octanol–water partition coefficient (Wildman–Crippen LogP) is 0.854. The van der Waals surface area contributed by atoms with Gasteiger partial charge in [0.15, 0.2) is 0 Å². The van der Waals surface area contributed by atoms with Gasteiger partial charge < -0.3 is 4.74 Å². The van der Waals surface area contributed by atoms with Crippen molar-refractivity contribution in [1.29, 1.82) is 0 Å². The third kappa shape index (κ3) is 2.61. The lowest BCUT2D eigenvalue weighted by atomic mass is 10.3. The number of aryl methyl sites for hydroxylation is 2. The molecule has 0 spiro atoms. The summed E-state index contributed by atoms with van der Waals surface area (Å²) in [7, 11) is 1.81. The predicted molar refractivity (Wildman–Crippen MR) is 65.9 cm³/mol. The SMILES string of the molecule is CCC(=O)OC(C)n1nnc(-c2c(C)cnn2C)n1. The van der Waals surface area contributed by atoms with E-state index in [4.69, 9.17) is 4.74 Å². The highest BCUT2D eigenvalue weighted by Crippen LogP contribution is 2.18. The Kier molecular flexibility index (Phi) is 3.59. The van der Waals surface area contributed by atoms with E-state index in [9.17, 15) is 4.79 Å². The molecule has 2 rings (SSSR count). The maximum Gasteiger partial charge on any atom is 0.307 e. The van der Waals surface area contributed by atoms with Crippen molar-refractivity contribution in [3.63, 3.8) is 0 Å². The van der Waals surface area contributed by atoms with Gasteiger partial charge in [-0.05, 0) is 24.6 Å². The molecule has 8 heteroatoms. The third-order valence-electron chi connectivity index (χ3n) is 2.68. The molecule has 0 saturated heterocycles. The van der Waals surface area contributed by atoms with Crippen molar-refractivity contribution in [2.75, 3.05) is 0 Å². The minimum Gasteiger partial charge on any atom is -0.438 e. The molecule has 0 radical (unpaired) electrons. The highest BCUT2D eigenvalue weighted by atomic mass is 16.6. The highest BCUT2D eigenvalue weighted by Gasteiger charge is 2.17. The first-order valence-corrected chi connectivity index (χ1v) is 6.01. The Morgan fingerprint density at radius 3 is 2.84 bits per heavy atom. The first-order chi connectivity index (χ1) is 9.02. The largest absolute Gasteiger partial charge is 0.438 e. The second-order valence-electron chi connectivity index (χ2n) is 4.18. The van der Waals surface area contributed by atoms with Crippen molar-refractivity contribution in [3.05, 3.63) is 11.8 Å². The summed E-state index contributed by atoms with van der Waals surface area (Å²) in [5.41, 5.74) is 1.75. The van der Waals surface area contributed by atoms with Gasteiger partial charge in [-0.25, -0.2) is 0 Å². The molecule has 0 aliphatic rings. The summed E-state index contributed by atoms with van der Waals surface area (Å²) in [5, 5.41) is 16.2. The van der Waals surface area contributed by atoms with E-state index in [-0.39, 0.29) is 5.97 Å². The topological polar surface area (TPSA) is 87.7 Å². The Bertz CT molecular complexity index is 568. The number of carbonyl (C=O) groups excluding carboxylic acids is 1. The molecule has 8 nitrogen and oxygen atoms in total. The standard InChI is InChI=1S/C11H16N6O2/c1-5-9(18)19-8(3)17-14-11(13-15-17)10-7(2)6-12-16(10)4/h6,8H,5H2,1-4H3. The zero-order chi connectivity index (χ0) is 14.0. The summed E-state index contributed by atoms with van der Waals surface area (Å²) in [6.07, 6.45) is 1.46. The van der Waals surface area contributed by atoms with Crippen LogP contribution in [0.5, 0.6) is 0 Å². The van der Waals surface area contributed by atoms with Gasteiger partial charge in [0, 0.05) is 13.5 Å². The van der Waals surface area contributed by atoms with Gasteiger partial charge in [0.05, 0.1) is 6.20 Å². The summed E-state index contributed by atoms with van der Waals surface area (Å²) >= 11 is 0. The van der Waals surface area contributed by atoms with Crippen molar-refractivity contribution in [2.45, 2.75) is 33.4 Å². The monoisotopic (exact) mass is 264 g/mol. The lowest BCUT2D eigenvalue weighted by Crippen LogP contribution is -2.16. The molecule has 0 aromatic carbocycles. The zero-order valence-electron chi connectivity index (χ0n) is 11.4. The van der Waals surface area contributed by atoms with Gasteiger partial charge in [-0.15, -0.1) is 15.0 Å². The fourth-order valence-electron chi connectivity index (χ4n) is 1.66. The van der Waals surface area contributed by atoms with Crippen molar-refractivity contribution in [2.24, 2.45) is 7.05 Å². The van der Waals surface area contributed by atoms with Gasteiger partial charge in [-0.1, -0.05) is 6.92 Å². The van der Waals surface area contributed by atoms with E-state index >= 15 is 0 Å². The average Bonchev–Trinajstić information content (AvgIpc) is 2.96. The van der Waals surface area contributed by atoms with E-state index in [1.807, 2.05) is 14.0 Å². The molecule has 0 bridgehead atoms. The zero-order valence-corrected chi connectivity index (χ0v) is 11.4. The number of carbonyl (C=O) groups is 1. The molecular formula is C11H16N6O2. The number of esters is 1.